The van der Waals surface area contributed by atoms with Gasteiger partial charge in [-0.05, 0) is 66.6 Å². The summed E-state index contributed by atoms with van der Waals surface area (Å²) in [7, 11) is -3.81. The van der Waals surface area contributed by atoms with E-state index in [1.165, 1.54) is 39.9 Å². The van der Waals surface area contributed by atoms with E-state index in [9.17, 15) is 13.2 Å². The highest BCUT2D eigenvalue weighted by Gasteiger charge is 2.25. The molecular weight excluding hydrogens is 661 g/mol. The summed E-state index contributed by atoms with van der Waals surface area (Å²) >= 11 is 14.7. The van der Waals surface area contributed by atoms with Crippen LogP contribution in [0, 0.1) is 6.92 Å². The summed E-state index contributed by atoms with van der Waals surface area (Å²) in [4.78, 5) is 19.6. The van der Waals surface area contributed by atoms with E-state index in [1.807, 2.05) is 49.4 Å². The Kier molecular flexibility index (Phi) is 9.13. The predicted octanol–water partition coefficient (Wildman–Crippen LogP) is 7.37. The number of fused-ring (bicyclic) bond motifs is 2. The first-order valence-electron chi connectivity index (χ1n) is 13.7. The molecule has 44 heavy (non-hydrogen) atoms. The average molecular weight is 689 g/mol. The zero-order valence-electron chi connectivity index (χ0n) is 23.5. The van der Waals surface area contributed by atoms with E-state index in [0.717, 1.165) is 48.3 Å². The van der Waals surface area contributed by atoms with Crippen LogP contribution in [0.15, 0.2) is 71.6 Å². The SMILES string of the molecule is Cc1c(Cc2ccc3c(c2)OCO3)sc(NC(=O)c2ccc(S(=O)(=O)N(CCCl)CCCl)cc2)c1-c1nc2ccccc2s1. The second-order valence-electron chi connectivity index (χ2n) is 9.97. The molecule has 3 heterocycles. The predicted molar refractivity (Wildman–Crippen MR) is 178 cm³/mol. The van der Waals surface area contributed by atoms with Gasteiger partial charge in [-0.15, -0.1) is 45.9 Å². The van der Waals surface area contributed by atoms with Gasteiger partial charge in [-0.3, -0.25) is 4.79 Å². The Morgan fingerprint density at radius 2 is 1.70 bits per heavy atom. The van der Waals surface area contributed by atoms with E-state index < -0.39 is 10.0 Å². The van der Waals surface area contributed by atoms with E-state index >= 15 is 0 Å². The smallest absolute Gasteiger partial charge is 0.256 e. The number of thiophene rings is 1. The standard InChI is InChI=1S/C31H27Cl2N3O5S3/c1-19-27(17-20-6-11-24-25(16-20)41-18-40-24)43-31(28(19)30-34-23-4-2-3-5-26(23)42-30)35-29(37)21-7-9-22(10-8-21)44(38,39)36(14-12-32)15-13-33/h2-11,16H,12-15,17-18H2,1H3,(H,35,37). The average Bonchev–Trinajstić information content (AvgIpc) is 3.74. The van der Waals surface area contributed by atoms with Crippen molar-refractivity contribution < 1.29 is 22.7 Å². The minimum Gasteiger partial charge on any atom is -0.454 e. The van der Waals surface area contributed by atoms with Crippen molar-refractivity contribution in [3.8, 4) is 22.1 Å². The molecule has 0 fully saturated rings. The Labute approximate surface area is 273 Å². The molecule has 0 radical (unpaired) electrons. The summed E-state index contributed by atoms with van der Waals surface area (Å²) in [6.07, 6.45) is 0.633. The van der Waals surface area contributed by atoms with Crippen molar-refractivity contribution in [1.82, 2.24) is 9.29 Å². The number of amides is 1. The van der Waals surface area contributed by atoms with Crippen LogP contribution in [0.2, 0.25) is 0 Å². The lowest BCUT2D eigenvalue weighted by atomic mass is 10.1. The van der Waals surface area contributed by atoms with Gasteiger partial charge in [-0.1, -0.05) is 18.2 Å². The summed E-state index contributed by atoms with van der Waals surface area (Å²) in [5, 5.41) is 4.57. The van der Waals surface area contributed by atoms with Crippen LogP contribution < -0.4 is 14.8 Å². The molecule has 228 valence electrons. The van der Waals surface area contributed by atoms with E-state index in [0.29, 0.717) is 17.0 Å². The molecule has 8 nitrogen and oxygen atoms in total. The number of ether oxygens (including phenoxy) is 2. The normalized spacial score (nSPS) is 12.7. The number of alkyl halides is 2. The van der Waals surface area contributed by atoms with Crippen LogP contribution in [0.3, 0.4) is 0 Å². The number of hydrogen-bond acceptors (Lipinski definition) is 8. The third-order valence-corrected chi connectivity index (χ3v) is 11.7. The van der Waals surface area contributed by atoms with E-state index in [4.69, 9.17) is 37.7 Å². The first kappa shape index (κ1) is 30.8. The first-order valence-corrected chi connectivity index (χ1v) is 17.8. The molecule has 5 aromatic rings. The lowest BCUT2D eigenvalue weighted by Gasteiger charge is -2.20. The molecule has 0 aliphatic carbocycles. The molecule has 0 saturated carbocycles. The maximum atomic E-state index is 13.5. The Hall–Kier alpha value is -3.19. The summed E-state index contributed by atoms with van der Waals surface area (Å²) < 4.78 is 39.5. The number of sulfonamides is 1. The number of nitrogens with zero attached hydrogens (tertiary/aromatic N) is 2. The number of carbonyl (C=O) groups excluding carboxylic acids is 1. The van der Waals surface area contributed by atoms with Crippen molar-refractivity contribution in [2.75, 3.05) is 37.0 Å². The summed E-state index contributed by atoms with van der Waals surface area (Å²) in [5.41, 5.74) is 4.17. The van der Waals surface area contributed by atoms with Crippen LogP contribution in [-0.4, -0.2) is 55.3 Å². The number of carbonyl (C=O) groups is 1. The van der Waals surface area contributed by atoms with Crippen molar-refractivity contribution in [1.29, 1.82) is 0 Å². The summed E-state index contributed by atoms with van der Waals surface area (Å²) in [6.45, 7) is 2.53. The second kappa shape index (κ2) is 13.0. The zero-order valence-corrected chi connectivity index (χ0v) is 27.5. The molecule has 1 aliphatic heterocycles. The number of thiazole rings is 1. The minimum atomic E-state index is -3.81. The molecule has 0 bridgehead atoms. The molecule has 0 saturated heterocycles. The van der Waals surface area contributed by atoms with Crippen LogP contribution in [0.25, 0.3) is 20.8 Å². The highest BCUT2D eigenvalue weighted by atomic mass is 35.5. The molecule has 2 aromatic heterocycles. The van der Waals surface area contributed by atoms with Crippen molar-refractivity contribution >= 4 is 77.0 Å². The van der Waals surface area contributed by atoms with Crippen LogP contribution in [0.4, 0.5) is 5.00 Å². The van der Waals surface area contributed by atoms with Crippen molar-refractivity contribution in [3.05, 3.63) is 88.3 Å². The molecular formula is C31H27Cl2N3O5S3. The van der Waals surface area contributed by atoms with Crippen LogP contribution in [0.5, 0.6) is 11.5 Å². The lowest BCUT2D eigenvalue weighted by molar-refractivity contribution is 0.102. The number of rotatable bonds is 11. The van der Waals surface area contributed by atoms with Gasteiger partial charge < -0.3 is 14.8 Å². The number of hydrogen-bond donors (Lipinski definition) is 1. The van der Waals surface area contributed by atoms with Gasteiger partial charge in [-0.25, -0.2) is 13.4 Å². The van der Waals surface area contributed by atoms with Crippen LogP contribution in [-0.2, 0) is 16.4 Å². The second-order valence-corrected chi connectivity index (χ2v) is 14.8. The molecule has 3 aromatic carbocycles. The molecule has 0 unspecified atom stereocenters. The minimum absolute atomic E-state index is 0.0671. The van der Waals surface area contributed by atoms with Crippen molar-refractivity contribution in [2.45, 2.75) is 18.2 Å². The van der Waals surface area contributed by atoms with Gasteiger partial charge in [0.05, 0.1) is 15.1 Å². The Bertz CT molecular complexity index is 1900. The summed E-state index contributed by atoms with van der Waals surface area (Å²) in [6, 6.07) is 19.7. The third kappa shape index (κ3) is 6.17. The number of benzene rings is 3. The van der Waals surface area contributed by atoms with E-state index in [1.54, 1.807) is 11.3 Å². The van der Waals surface area contributed by atoms with Gasteiger partial charge in [0.1, 0.15) is 10.0 Å². The van der Waals surface area contributed by atoms with Gasteiger partial charge in [0, 0.05) is 47.3 Å². The maximum Gasteiger partial charge on any atom is 0.256 e. The molecule has 13 heteroatoms. The summed E-state index contributed by atoms with van der Waals surface area (Å²) in [5.74, 6) is 1.38. The van der Waals surface area contributed by atoms with Gasteiger partial charge in [-0.2, -0.15) is 4.31 Å². The number of para-hydroxylation sites is 1. The molecule has 1 N–H and O–H groups in total. The highest BCUT2D eigenvalue weighted by molar-refractivity contribution is 7.89. The molecule has 6 rings (SSSR count). The Morgan fingerprint density at radius 3 is 2.43 bits per heavy atom. The quantitative estimate of drug-likeness (QED) is 0.146. The third-order valence-electron chi connectivity index (χ3n) is 7.20. The molecule has 1 amide bonds. The maximum absolute atomic E-state index is 13.5. The van der Waals surface area contributed by atoms with Crippen LogP contribution >= 0.6 is 45.9 Å². The van der Waals surface area contributed by atoms with Crippen molar-refractivity contribution in [2.24, 2.45) is 0 Å². The van der Waals surface area contributed by atoms with E-state index in [2.05, 4.69) is 5.32 Å². The van der Waals surface area contributed by atoms with E-state index in [-0.39, 0.29) is 42.4 Å². The Morgan fingerprint density at radius 1 is 0.977 bits per heavy atom. The highest BCUT2D eigenvalue weighted by Crippen LogP contribution is 2.45. The number of nitrogens with one attached hydrogen (secondary N) is 1. The van der Waals surface area contributed by atoms with Gasteiger partial charge in [0.15, 0.2) is 11.5 Å². The van der Waals surface area contributed by atoms with Gasteiger partial charge in [0.25, 0.3) is 5.91 Å². The molecule has 0 atom stereocenters. The fourth-order valence-electron chi connectivity index (χ4n) is 4.93. The molecule has 1 aliphatic rings. The monoisotopic (exact) mass is 687 g/mol. The largest absolute Gasteiger partial charge is 0.454 e. The van der Waals surface area contributed by atoms with Gasteiger partial charge >= 0.3 is 0 Å². The van der Waals surface area contributed by atoms with Gasteiger partial charge in [0.2, 0.25) is 16.8 Å². The van der Waals surface area contributed by atoms with Crippen molar-refractivity contribution in [3.63, 3.8) is 0 Å². The number of anilines is 1. The zero-order chi connectivity index (χ0) is 30.8. The first-order chi connectivity index (χ1) is 21.3. The fourth-order valence-corrected chi connectivity index (χ4v) is 9.36. The lowest BCUT2D eigenvalue weighted by Crippen LogP contribution is -2.34. The fraction of sp³-hybridized carbons (Fsp3) is 0.226. The number of halogens is 2. The van der Waals surface area contributed by atoms with Crippen LogP contribution in [0.1, 0.15) is 26.4 Å². The molecule has 0 spiro atoms. The number of aromatic nitrogens is 1. The Balaban J connectivity index is 1.31. The topological polar surface area (TPSA) is 97.8 Å².